The predicted octanol–water partition coefficient (Wildman–Crippen LogP) is 21.4. The van der Waals surface area contributed by atoms with Gasteiger partial charge in [0, 0.05) is 123 Å². The molecule has 6 N–H and O–H groups in total. The fourth-order valence-corrected chi connectivity index (χ4v) is 20.5. The van der Waals surface area contributed by atoms with Crippen LogP contribution in [0.15, 0.2) is 107 Å². The number of pyridine rings is 9. The number of benzene rings is 3. The van der Waals surface area contributed by atoms with Crippen LogP contribution in [0.2, 0.25) is 55.2 Å². The van der Waals surface area contributed by atoms with E-state index in [1.54, 1.807) is 58.4 Å². The van der Waals surface area contributed by atoms with Crippen molar-refractivity contribution in [2.45, 2.75) is 119 Å². The van der Waals surface area contributed by atoms with Crippen LogP contribution in [-0.4, -0.2) is 153 Å². The maximum atomic E-state index is 15.6. The molecule has 3 aliphatic rings. The molecule has 0 unspecified atom stereocenters. The van der Waals surface area contributed by atoms with E-state index in [1.165, 1.54) is 50.1 Å². The Labute approximate surface area is 843 Å². The molecule has 12 heterocycles. The van der Waals surface area contributed by atoms with Crippen LogP contribution in [0, 0.1) is 78.0 Å². The van der Waals surface area contributed by atoms with Gasteiger partial charge in [0.15, 0.2) is 23.3 Å². The summed E-state index contributed by atoms with van der Waals surface area (Å²) in [5.74, 6) is -5.45. The van der Waals surface area contributed by atoms with Crippen LogP contribution >= 0.6 is 128 Å². The smallest absolute Gasteiger partial charge is 0.276 e. The molecule has 3 amide bonds. The van der Waals surface area contributed by atoms with E-state index in [1.807, 2.05) is 90.9 Å². The van der Waals surface area contributed by atoms with Crippen molar-refractivity contribution in [1.82, 2.24) is 58.3 Å². The molecule has 12 aromatic rings. The summed E-state index contributed by atoms with van der Waals surface area (Å²) < 4.78 is 64.8. The normalized spacial score (nSPS) is 15.0. The number of nitriles is 3. The number of nitrogen functional groups attached to an aromatic ring is 3. The quantitative estimate of drug-likeness (QED) is 0.0282. The van der Waals surface area contributed by atoms with E-state index in [4.69, 9.17) is 155 Å². The Balaban J connectivity index is 0.000000175. The first-order chi connectivity index (χ1) is 65.2. The van der Waals surface area contributed by atoms with E-state index in [9.17, 15) is 44.6 Å². The molecule has 0 aliphatic carbocycles. The van der Waals surface area contributed by atoms with Gasteiger partial charge in [0.1, 0.15) is 66.9 Å². The number of nitrogens with two attached hydrogens (primary N) is 3. The van der Waals surface area contributed by atoms with Crippen LogP contribution in [-0.2, 0) is 14.4 Å². The third-order valence-electron chi connectivity index (χ3n) is 24.1. The molecule has 0 bridgehead atoms. The number of fused-ring (bicyclic) bond motifs is 3. The fraction of sp³-hybridized carbons (Fsp3) is 0.281. The van der Waals surface area contributed by atoms with Gasteiger partial charge < -0.3 is 46.6 Å². The van der Waals surface area contributed by atoms with Crippen molar-refractivity contribution < 1.29 is 31.9 Å². The van der Waals surface area contributed by atoms with E-state index < -0.39 is 81.3 Å². The van der Waals surface area contributed by atoms with E-state index >= 15 is 17.6 Å². The Morgan fingerprint density at radius 3 is 0.899 bits per heavy atom. The average Bonchev–Trinajstić information content (AvgIpc) is 0.726. The van der Waals surface area contributed by atoms with Crippen molar-refractivity contribution in [2.24, 2.45) is 0 Å². The molecule has 9 aromatic heterocycles. The second kappa shape index (κ2) is 41.2. The summed E-state index contributed by atoms with van der Waals surface area (Å²) in [5, 5.41) is 28.6. The third-order valence-corrected chi connectivity index (χ3v) is 28.0. The number of amides is 3. The minimum absolute atomic E-state index is 0.00623. The van der Waals surface area contributed by atoms with Gasteiger partial charge in [-0.2, -0.15) is 15.8 Å². The molecule has 15 rings (SSSR count). The number of hydrogen-bond donors (Lipinski definition) is 3. The minimum Gasteiger partial charge on any atom is -0.396 e. The zero-order valence-electron chi connectivity index (χ0n) is 75.8. The first kappa shape index (κ1) is 103. The SMILES string of the molecule is C=CC(=O)N1CCN(c2c(C#N)c(=O)n(-c3c(C)ccnc3C(C)C)c3nc(-c4c(Cl)c(N)c(Cl)c(F)c4Cl)c(Cl)cc23)C[C@H]1C.C=CC(=O)N1CCN(c2c(C#N)c(=O)n(-c3c(C)ccnc3C(C)C)c3nc(-c4c(Cl)c(N)c(Cl)c(F)c4Cl)c(Cl)cc23)C[C@H]1C.C=CC(=O)N1CCN(c2c(C#N)c(=O)n(-c3c(C)ccnc3C(C)C)c3nc(-c4c(F)c(N)c(Cl)c(F)c4Cl)c(Cl)cc23)C[C@H]1C. The highest BCUT2D eigenvalue weighted by molar-refractivity contribution is 6.47. The molecule has 3 fully saturated rings. The van der Waals surface area contributed by atoms with Crippen molar-refractivity contribution in [2.75, 3.05) is 90.8 Å². The van der Waals surface area contributed by atoms with Crippen molar-refractivity contribution in [3.05, 3.63) is 253 Å². The maximum Gasteiger partial charge on any atom is 0.276 e. The van der Waals surface area contributed by atoms with Gasteiger partial charge in [0.2, 0.25) is 17.7 Å². The Morgan fingerprint density at radius 2 is 0.652 bits per heavy atom. The van der Waals surface area contributed by atoms with Crippen molar-refractivity contribution >= 4 is 213 Å². The third kappa shape index (κ3) is 18.2. The topological polar surface area (TPSA) is 363 Å². The molecule has 0 spiro atoms. The standard InChI is InChI=1S/2C32H28Cl4FN7O2.C32H28Cl3F2N7O2/c2*1-6-20(45)43-10-9-42(13-16(43)5)30-17-11-19(33)28(21-22(34)25(37)24(36)26(39)23(21)35)41-31(17)44(32(46)18(30)12-38)29-15(4)7-8-40-27(29)14(2)3;1-6-20(45)43-10-9-42(13-16(43)5)30-17-11-19(33)28(21-22(34)25(37)23(35)26(39)24(21)36)41-31(17)44(32(46)18(30)12-38)29-15(4)7-8-40-27(29)14(2)3/h3*6-8,11,14,16H,1,9-10,13,39H2,2-5H3/t3*16-/m111/s1. The highest BCUT2D eigenvalue weighted by Crippen LogP contribution is 2.52. The first-order valence-corrected chi connectivity index (χ1v) is 46.7. The Bertz CT molecular complexity index is 6780. The number of rotatable bonds is 15. The van der Waals surface area contributed by atoms with Crippen molar-refractivity contribution in [1.29, 1.82) is 15.8 Å². The molecule has 3 aliphatic heterocycles. The van der Waals surface area contributed by atoms with Gasteiger partial charge >= 0.3 is 0 Å². The van der Waals surface area contributed by atoms with Crippen LogP contribution in [0.4, 0.5) is 51.7 Å². The second-order valence-corrected chi connectivity index (χ2v) is 38.0. The summed E-state index contributed by atoms with van der Waals surface area (Å²) in [6.45, 7) is 35.9. The van der Waals surface area contributed by atoms with Gasteiger partial charge in [-0.15, -0.1) is 0 Å². The van der Waals surface area contributed by atoms with Gasteiger partial charge in [-0.1, -0.05) is 189 Å². The summed E-state index contributed by atoms with van der Waals surface area (Å²) >= 11 is 70.6. The first-order valence-electron chi connectivity index (χ1n) is 42.6. The number of hydrogen-bond acceptors (Lipinski definition) is 21. The molecule has 27 nitrogen and oxygen atoms in total. The molecule has 42 heteroatoms. The zero-order valence-corrected chi connectivity index (χ0v) is 84.1. The number of piperazine rings is 3. The van der Waals surface area contributed by atoms with Crippen LogP contribution in [0.1, 0.15) is 131 Å². The molecule has 3 atom stereocenters. The summed E-state index contributed by atoms with van der Waals surface area (Å²) in [6.07, 6.45) is 8.62. The number of anilines is 6. The molecule has 714 valence electrons. The lowest BCUT2D eigenvalue weighted by Gasteiger charge is -2.41. The summed E-state index contributed by atoms with van der Waals surface area (Å²) in [6, 6.07) is 15.1. The van der Waals surface area contributed by atoms with E-state index in [2.05, 4.69) is 57.9 Å². The van der Waals surface area contributed by atoms with Crippen molar-refractivity contribution in [3.63, 3.8) is 0 Å². The number of carbonyl (C=O) groups excluding carboxylic acids is 3. The lowest BCUT2D eigenvalue weighted by Crippen LogP contribution is -2.54. The lowest BCUT2D eigenvalue weighted by atomic mass is 10.0. The number of carbonyl (C=O) groups is 3. The number of aromatic nitrogens is 9. The minimum atomic E-state index is -1.17. The van der Waals surface area contributed by atoms with Crippen LogP contribution in [0.5, 0.6) is 0 Å². The number of nitrogens with zero attached hydrogens (tertiary/aromatic N) is 18. The monoisotopic (exact) mass is 2090 g/mol. The zero-order chi connectivity index (χ0) is 101. The largest absolute Gasteiger partial charge is 0.396 e. The van der Waals surface area contributed by atoms with E-state index in [-0.39, 0.29) is 183 Å². The average molecular weight is 2090 g/mol. The number of halogens is 15. The van der Waals surface area contributed by atoms with Gasteiger partial charge in [0.25, 0.3) is 16.7 Å². The Morgan fingerprint density at radius 1 is 0.399 bits per heavy atom. The molecular formula is C96H84Cl11F4N21O6. The van der Waals surface area contributed by atoms with Gasteiger partial charge in [-0.3, -0.25) is 57.4 Å². The molecule has 0 radical (unpaired) electrons. The van der Waals surface area contributed by atoms with Gasteiger partial charge in [0.05, 0.1) is 131 Å². The van der Waals surface area contributed by atoms with Crippen LogP contribution in [0.3, 0.4) is 0 Å². The highest BCUT2D eigenvalue weighted by atomic mass is 35.5. The van der Waals surface area contributed by atoms with Crippen LogP contribution < -0.4 is 48.6 Å². The molecule has 138 heavy (non-hydrogen) atoms. The summed E-state index contributed by atoms with van der Waals surface area (Å²) in [4.78, 5) is 119. The Kier molecular flexibility index (Phi) is 30.9. The highest BCUT2D eigenvalue weighted by Gasteiger charge is 2.40. The van der Waals surface area contributed by atoms with E-state index in [0.717, 1.165) is 0 Å². The molecule has 3 aromatic carbocycles. The Hall–Kier alpha value is -12.0. The summed E-state index contributed by atoms with van der Waals surface area (Å²) in [5.41, 5.74) is 18.9. The second-order valence-electron chi connectivity index (χ2n) is 33.8. The van der Waals surface area contributed by atoms with Crippen LogP contribution in [0.25, 0.3) is 83.9 Å². The maximum absolute atomic E-state index is 15.6. The van der Waals surface area contributed by atoms with E-state index in [0.29, 0.717) is 112 Å². The molecule has 0 saturated carbocycles. The summed E-state index contributed by atoms with van der Waals surface area (Å²) in [7, 11) is 0. The fourth-order valence-electron chi connectivity index (χ4n) is 17.5. The van der Waals surface area contributed by atoms with Gasteiger partial charge in [-0.05, 0) is 131 Å². The predicted molar refractivity (Wildman–Crippen MR) is 541 cm³/mol. The van der Waals surface area contributed by atoms with Crippen molar-refractivity contribution in [3.8, 4) is 69.0 Å². The molecule has 3 saturated heterocycles. The molecular weight excluding hydrogens is 2010 g/mol. The number of aryl methyl sites for hydroxylation is 3. The van der Waals surface area contributed by atoms with Gasteiger partial charge in [-0.25, -0.2) is 32.5 Å². The lowest BCUT2D eigenvalue weighted by molar-refractivity contribution is -0.129.